The van der Waals surface area contributed by atoms with Crippen LogP contribution in [-0.4, -0.2) is 0 Å². The molecule has 0 heterocycles. The number of rotatable bonds is 0. The first-order valence-corrected chi connectivity index (χ1v) is 3.59. The molecule has 0 saturated heterocycles. The molecule has 0 N–H and O–H groups in total. The van der Waals surface area contributed by atoms with Crippen LogP contribution in [0.3, 0.4) is 0 Å². The zero-order chi connectivity index (χ0) is 5.98. The van der Waals surface area contributed by atoms with Crippen LogP contribution in [0, 0.1) is 0 Å². The third-order valence-electron chi connectivity index (χ3n) is 1.34. The summed E-state index contributed by atoms with van der Waals surface area (Å²) < 4.78 is 0. The van der Waals surface area contributed by atoms with E-state index in [9.17, 15) is 0 Å². The van der Waals surface area contributed by atoms with Gasteiger partial charge in [-0.3, -0.25) is 0 Å². The number of allylic oxidation sites excluding steroid dienone is 2. The summed E-state index contributed by atoms with van der Waals surface area (Å²) in [5.74, 6) is 0. The Bertz CT molecular complexity index is 109. The summed E-state index contributed by atoms with van der Waals surface area (Å²) in [5, 5.41) is 1.75. The zero-order valence-electron chi connectivity index (χ0n) is 5.22. The molecule has 0 aromatic carbocycles. The predicted molar refractivity (Wildman–Crippen MR) is 37.2 cm³/mol. The minimum Gasteiger partial charge on any atom is -0.0879 e. The van der Waals surface area contributed by atoms with Crippen LogP contribution in [0.25, 0.3) is 0 Å². The van der Waals surface area contributed by atoms with Crippen molar-refractivity contribution in [3.8, 4) is 0 Å². The summed E-state index contributed by atoms with van der Waals surface area (Å²) >= 11 is 11.4. The molecule has 0 fully saturated rings. The second-order valence-electron chi connectivity index (χ2n) is 2.02. The average molecular weight is 541 g/mol. The monoisotopic (exact) mass is 540 g/mol. The maximum absolute atomic E-state index is 5.71. The molecule has 1 aliphatic carbocycles. The van der Waals surface area contributed by atoms with E-state index >= 15 is 0 Å². The minimum atomic E-state index is 0. The first kappa shape index (κ1) is 14.2. The molecule has 0 spiro atoms. The third-order valence-corrected chi connectivity index (χ3v) is 2.27. The molecule has 0 radical (unpaired) electrons. The maximum Gasteiger partial charge on any atom is 0.0325 e. The molecule has 0 unspecified atom stereocenters. The molecule has 4 heteroatoms. The number of halogens is 2. The zero-order valence-corrected chi connectivity index (χ0v) is 11.3. The Morgan fingerprint density at radius 3 is 1.30 bits per heavy atom. The van der Waals surface area contributed by atoms with Crippen molar-refractivity contribution in [3.05, 3.63) is 10.1 Å². The van der Waals surface area contributed by atoms with Gasteiger partial charge >= 0.3 is 0 Å². The van der Waals surface area contributed by atoms with Crippen LogP contribution in [0.1, 0.15) is 25.7 Å². The molecule has 1 aliphatic rings. The van der Waals surface area contributed by atoms with E-state index in [4.69, 9.17) is 23.2 Å². The van der Waals surface area contributed by atoms with E-state index in [0.717, 1.165) is 22.9 Å². The van der Waals surface area contributed by atoms with E-state index in [0.29, 0.717) is 0 Å². The van der Waals surface area contributed by atoms with E-state index in [1.165, 1.54) is 12.8 Å². The summed E-state index contributed by atoms with van der Waals surface area (Å²) in [4.78, 5) is 0. The molecule has 0 aromatic rings. The molecule has 66 valence electrons. The summed E-state index contributed by atoms with van der Waals surface area (Å²) in [6.07, 6.45) is 4.38. The van der Waals surface area contributed by atoms with Gasteiger partial charge in [-0.2, -0.15) is 0 Å². The van der Waals surface area contributed by atoms with Gasteiger partial charge in [0.1, 0.15) is 0 Å². The summed E-state index contributed by atoms with van der Waals surface area (Å²) in [5.41, 5.74) is 0. The quantitative estimate of drug-likeness (QED) is 0.442. The van der Waals surface area contributed by atoms with E-state index in [-0.39, 0.29) is 42.1 Å². The van der Waals surface area contributed by atoms with Gasteiger partial charge in [0.2, 0.25) is 0 Å². The summed E-state index contributed by atoms with van der Waals surface area (Å²) in [7, 11) is 0. The molecule has 0 amide bonds. The van der Waals surface area contributed by atoms with E-state index in [1.54, 1.807) is 0 Å². The molecule has 1 rings (SSSR count). The Hall–Kier alpha value is 1.70. The Labute approximate surface area is 100 Å². The second kappa shape index (κ2) is 7.35. The van der Waals surface area contributed by atoms with Crippen LogP contribution >= 0.6 is 23.2 Å². The van der Waals surface area contributed by atoms with Gasteiger partial charge in [0.25, 0.3) is 0 Å². The maximum atomic E-state index is 5.71. The normalized spacial score (nSPS) is 17.4. The summed E-state index contributed by atoms with van der Waals surface area (Å²) in [6, 6.07) is 0. The molecule has 0 atom stereocenters. The van der Waals surface area contributed by atoms with Crippen LogP contribution in [0.15, 0.2) is 10.1 Å². The Morgan fingerprint density at radius 1 is 0.800 bits per heavy atom. The van der Waals surface area contributed by atoms with Crippen LogP contribution in [-0.2, 0) is 42.1 Å². The minimum absolute atomic E-state index is 0. The fraction of sp³-hybridized carbons (Fsp3) is 0.667. The van der Waals surface area contributed by atoms with E-state index < -0.39 is 0 Å². The van der Waals surface area contributed by atoms with Gasteiger partial charge in [-0.1, -0.05) is 23.2 Å². The Balaban J connectivity index is 0. The van der Waals surface area contributed by atoms with E-state index in [1.807, 2.05) is 0 Å². The van der Waals surface area contributed by atoms with Gasteiger partial charge in [-0.25, -0.2) is 0 Å². The number of hydrogen-bond acceptors (Lipinski definition) is 0. The van der Waals surface area contributed by atoms with Gasteiger partial charge in [0.15, 0.2) is 0 Å². The van der Waals surface area contributed by atoms with Crippen molar-refractivity contribution in [2.75, 3.05) is 0 Å². The van der Waals surface area contributed by atoms with Gasteiger partial charge in [0.05, 0.1) is 0 Å². The standard InChI is InChI=1S/C6H8Cl2.2Pt/c7-5-3-1-2-4-6(5)8;;/h1-4H2;;. The van der Waals surface area contributed by atoms with Crippen molar-refractivity contribution < 1.29 is 42.1 Å². The Kier molecular flexibility index (Phi) is 10.5. The Morgan fingerprint density at radius 2 is 1.10 bits per heavy atom. The smallest absolute Gasteiger partial charge is 0.0325 e. The second-order valence-corrected chi connectivity index (χ2v) is 2.93. The predicted octanol–water partition coefficient (Wildman–Crippen LogP) is 3.24. The van der Waals surface area contributed by atoms with Crippen molar-refractivity contribution in [3.63, 3.8) is 0 Å². The third kappa shape index (κ3) is 4.55. The van der Waals surface area contributed by atoms with Crippen LogP contribution in [0.2, 0.25) is 0 Å². The largest absolute Gasteiger partial charge is 0.0879 e. The van der Waals surface area contributed by atoms with Crippen molar-refractivity contribution in [2.24, 2.45) is 0 Å². The fourth-order valence-corrected chi connectivity index (χ4v) is 1.29. The first-order chi connectivity index (χ1) is 3.80. The van der Waals surface area contributed by atoms with Gasteiger partial charge < -0.3 is 0 Å². The topological polar surface area (TPSA) is 0 Å². The van der Waals surface area contributed by atoms with Gasteiger partial charge in [-0.15, -0.1) is 0 Å². The van der Waals surface area contributed by atoms with Crippen LogP contribution < -0.4 is 0 Å². The van der Waals surface area contributed by atoms with Crippen molar-refractivity contribution in [2.45, 2.75) is 25.7 Å². The molecule has 0 bridgehead atoms. The van der Waals surface area contributed by atoms with E-state index in [2.05, 4.69) is 0 Å². The van der Waals surface area contributed by atoms with Crippen LogP contribution in [0.4, 0.5) is 0 Å². The van der Waals surface area contributed by atoms with Crippen molar-refractivity contribution in [1.29, 1.82) is 0 Å². The average Bonchev–Trinajstić information content (AvgIpc) is 1.77. The molecule has 0 aliphatic heterocycles. The first-order valence-electron chi connectivity index (χ1n) is 2.84. The van der Waals surface area contributed by atoms with Gasteiger partial charge in [0, 0.05) is 52.2 Å². The molecular formula is C6H8Cl2Pt2. The fourth-order valence-electron chi connectivity index (χ4n) is 0.832. The molecule has 0 saturated carbocycles. The molecule has 0 nitrogen and oxygen atoms in total. The SMILES string of the molecule is ClC1=C(Cl)CCCC1.[Pt].[Pt]. The molecule has 10 heavy (non-hydrogen) atoms. The van der Waals surface area contributed by atoms with Crippen molar-refractivity contribution >= 4 is 23.2 Å². The summed E-state index contributed by atoms with van der Waals surface area (Å²) in [6.45, 7) is 0. The molecular weight excluding hydrogens is 533 g/mol. The van der Waals surface area contributed by atoms with Crippen LogP contribution in [0.5, 0.6) is 0 Å². The van der Waals surface area contributed by atoms with Gasteiger partial charge in [-0.05, 0) is 25.7 Å². The molecule has 0 aromatic heterocycles. The van der Waals surface area contributed by atoms with Crippen molar-refractivity contribution in [1.82, 2.24) is 0 Å². The number of hydrogen-bond donors (Lipinski definition) is 0.